The number of rotatable bonds is 3. The largest absolute Gasteiger partial charge is 0.341 e. The van der Waals surface area contributed by atoms with Crippen molar-refractivity contribution in [2.45, 2.75) is 19.5 Å². The zero-order valence-corrected chi connectivity index (χ0v) is 7.89. The molecule has 0 spiro atoms. The van der Waals surface area contributed by atoms with Crippen molar-refractivity contribution >= 4 is 5.91 Å². The van der Waals surface area contributed by atoms with E-state index in [0.717, 1.165) is 19.5 Å². The third kappa shape index (κ3) is 1.74. The van der Waals surface area contributed by atoms with E-state index in [0.29, 0.717) is 12.2 Å². The fourth-order valence-corrected chi connectivity index (χ4v) is 1.31. The fraction of sp³-hybridized carbons (Fsp3) is 0.625. The van der Waals surface area contributed by atoms with Gasteiger partial charge in [-0.2, -0.15) is 0 Å². The Labute approximate surface area is 81.7 Å². The Balaban J connectivity index is 1.92. The minimum Gasteiger partial charge on any atom is -0.341 e. The number of likely N-dealkylation sites (tertiary alicyclic amines) is 1. The fourth-order valence-electron chi connectivity index (χ4n) is 1.31. The van der Waals surface area contributed by atoms with Crippen LogP contribution in [0, 0.1) is 0 Å². The number of amides is 1. The molecule has 0 aliphatic carbocycles. The molecule has 1 aromatic heterocycles. The number of carbonyl (C=O) groups is 1. The first-order valence-corrected chi connectivity index (χ1v) is 4.66. The summed E-state index contributed by atoms with van der Waals surface area (Å²) in [6.07, 6.45) is 2.81. The van der Waals surface area contributed by atoms with Crippen LogP contribution in [-0.4, -0.2) is 38.9 Å². The van der Waals surface area contributed by atoms with Gasteiger partial charge < -0.3 is 10.6 Å². The Morgan fingerprint density at radius 1 is 1.57 bits per heavy atom. The highest BCUT2D eigenvalue weighted by molar-refractivity contribution is 5.76. The van der Waals surface area contributed by atoms with Crippen LogP contribution in [0.2, 0.25) is 0 Å². The Kier molecular flexibility index (Phi) is 2.45. The highest BCUT2D eigenvalue weighted by Crippen LogP contribution is 2.06. The normalized spacial score (nSPS) is 15.4. The van der Waals surface area contributed by atoms with Gasteiger partial charge in [0.05, 0.1) is 11.9 Å². The van der Waals surface area contributed by atoms with Gasteiger partial charge in [-0.05, 0) is 6.42 Å². The number of aromatic nitrogens is 3. The molecule has 1 amide bonds. The van der Waals surface area contributed by atoms with Crippen molar-refractivity contribution in [3.63, 3.8) is 0 Å². The number of nitrogens with zero attached hydrogens (tertiary/aromatic N) is 4. The van der Waals surface area contributed by atoms with Gasteiger partial charge in [0.15, 0.2) is 0 Å². The van der Waals surface area contributed by atoms with Crippen molar-refractivity contribution in [1.82, 2.24) is 19.9 Å². The molecule has 1 aliphatic rings. The summed E-state index contributed by atoms with van der Waals surface area (Å²) in [5, 5.41) is 7.62. The third-order valence-electron chi connectivity index (χ3n) is 2.30. The van der Waals surface area contributed by atoms with Gasteiger partial charge >= 0.3 is 0 Å². The average Bonchev–Trinajstić information content (AvgIpc) is 2.48. The second-order valence-electron chi connectivity index (χ2n) is 3.35. The number of nitrogens with two attached hydrogens (primary N) is 1. The summed E-state index contributed by atoms with van der Waals surface area (Å²) >= 11 is 0. The molecule has 0 unspecified atom stereocenters. The highest BCUT2D eigenvalue weighted by Gasteiger charge is 2.20. The summed E-state index contributed by atoms with van der Waals surface area (Å²) in [4.78, 5) is 13.3. The van der Waals surface area contributed by atoms with Crippen molar-refractivity contribution in [3.8, 4) is 0 Å². The summed E-state index contributed by atoms with van der Waals surface area (Å²) in [6.45, 7) is 2.37. The zero-order chi connectivity index (χ0) is 9.97. The van der Waals surface area contributed by atoms with Gasteiger partial charge in [-0.3, -0.25) is 4.79 Å². The highest BCUT2D eigenvalue weighted by atomic mass is 16.2. The number of carbonyl (C=O) groups excluding carboxylic acids is 1. The molecule has 1 fully saturated rings. The van der Waals surface area contributed by atoms with E-state index in [9.17, 15) is 4.79 Å². The molecule has 14 heavy (non-hydrogen) atoms. The SMILES string of the molecule is NCc1cn(CC(=O)N2CCC2)nn1. The molecule has 0 saturated carbocycles. The van der Waals surface area contributed by atoms with E-state index in [1.54, 1.807) is 6.20 Å². The Morgan fingerprint density at radius 3 is 2.86 bits per heavy atom. The van der Waals surface area contributed by atoms with Crippen LogP contribution in [0.15, 0.2) is 6.20 Å². The lowest BCUT2D eigenvalue weighted by Gasteiger charge is -2.30. The van der Waals surface area contributed by atoms with E-state index in [1.807, 2.05) is 4.90 Å². The Bertz CT molecular complexity index is 330. The van der Waals surface area contributed by atoms with Gasteiger partial charge in [0.1, 0.15) is 6.54 Å². The summed E-state index contributed by atoms with van der Waals surface area (Å²) < 4.78 is 1.53. The smallest absolute Gasteiger partial charge is 0.244 e. The lowest BCUT2D eigenvalue weighted by Crippen LogP contribution is -2.43. The summed E-state index contributed by atoms with van der Waals surface area (Å²) in [5.74, 6) is 0.102. The molecule has 2 N–H and O–H groups in total. The van der Waals surface area contributed by atoms with Crippen molar-refractivity contribution in [3.05, 3.63) is 11.9 Å². The standard InChI is InChI=1S/C8H13N5O/c9-4-7-5-13(11-10-7)6-8(14)12-2-1-3-12/h5H,1-4,6,9H2. The average molecular weight is 195 g/mol. The van der Waals surface area contributed by atoms with E-state index in [4.69, 9.17) is 5.73 Å². The van der Waals surface area contributed by atoms with Gasteiger partial charge in [-0.15, -0.1) is 5.10 Å². The predicted molar refractivity (Wildman–Crippen MR) is 49.1 cm³/mol. The number of hydrogen-bond donors (Lipinski definition) is 1. The monoisotopic (exact) mass is 195 g/mol. The molecular weight excluding hydrogens is 182 g/mol. The lowest BCUT2D eigenvalue weighted by molar-refractivity contribution is -0.135. The van der Waals surface area contributed by atoms with Crippen molar-refractivity contribution in [2.24, 2.45) is 5.73 Å². The molecule has 1 saturated heterocycles. The molecule has 6 nitrogen and oxygen atoms in total. The molecule has 1 aliphatic heterocycles. The Hall–Kier alpha value is -1.43. The minimum atomic E-state index is 0.102. The van der Waals surface area contributed by atoms with Crippen LogP contribution in [0.4, 0.5) is 0 Å². The Morgan fingerprint density at radius 2 is 2.36 bits per heavy atom. The van der Waals surface area contributed by atoms with Gasteiger partial charge in [-0.1, -0.05) is 5.21 Å². The molecule has 0 bridgehead atoms. The topological polar surface area (TPSA) is 77.0 Å². The second kappa shape index (κ2) is 3.75. The molecule has 2 heterocycles. The molecule has 2 rings (SSSR count). The van der Waals surface area contributed by atoms with Gasteiger partial charge in [0, 0.05) is 19.6 Å². The third-order valence-corrected chi connectivity index (χ3v) is 2.30. The van der Waals surface area contributed by atoms with E-state index in [1.165, 1.54) is 4.68 Å². The maximum absolute atomic E-state index is 11.5. The van der Waals surface area contributed by atoms with Crippen LogP contribution in [0.3, 0.4) is 0 Å². The minimum absolute atomic E-state index is 0.102. The van der Waals surface area contributed by atoms with Crippen LogP contribution in [0.5, 0.6) is 0 Å². The van der Waals surface area contributed by atoms with Gasteiger partial charge in [0.2, 0.25) is 5.91 Å². The van der Waals surface area contributed by atoms with Crippen LogP contribution >= 0.6 is 0 Å². The van der Waals surface area contributed by atoms with Crippen LogP contribution in [-0.2, 0) is 17.9 Å². The first-order valence-electron chi connectivity index (χ1n) is 4.66. The molecule has 0 aromatic carbocycles. The first kappa shape index (κ1) is 9.14. The molecule has 0 atom stereocenters. The van der Waals surface area contributed by atoms with Crippen LogP contribution < -0.4 is 5.73 Å². The molecule has 6 heteroatoms. The summed E-state index contributed by atoms with van der Waals surface area (Å²) in [6, 6.07) is 0. The van der Waals surface area contributed by atoms with Gasteiger partial charge in [0.25, 0.3) is 0 Å². The first-order chi connectivity index (χ1) is 6.79. The van der Waals surface area contributed by atoms with E-state index >= 15 is 0 Å². The van der Waals surface area contributed by atoms with Crippen LogP contribution in [0.1, 0.15) is 12.1 Å². The maximum Gasteiger partial charge on any atom is 0.244 e. The molecule has 0 radical (unpaired) electrons. The summed E-state index contributed by atoms with van der Waals surface area (Å²) in [7, 11) is 0. The second-order valence-corrected chi connectivity index (χ2v) is 3.35. The molecule has 1 aromatic rings. The van der Waals surface area contributed by atoms with E-state index < -0.39 is 0 Å². The zero-order valence-electron chi connectivity index (χ0n) is 7.89. The summed E-state index contributed by atoms with van der Waals surface area (Å²) in [5.41, 5.74) is 6.09. The van der Waals surface area contributed by atoms with Gasteiger partial charge in [-0.25, -0.2) is 4.68 Å². The lowest BCUT2D eigenvalue weighted by atomic mass is 10.2. The maximum atomic E-state index is 11.5. The van der Waals surface area contributed by atoms with Crippen molar-refractivity contribution in [2.75, 3.05) is 13.1 Å². The quantitative estimate of drug-likeness (QED) is 0.669. The molecule has 76 valence electrons. The number of hydrogen-bond acceptors (Lipinski definition) is 4. The van der Waals surface area contributed by atoms with Crippen LogP contribution in [0.25, 0.3) is 0 Å². The van der Waals surface area contributed by atoms with Crippen molar-refractivity contribution < 1.29 is 4.79 Å². The molecular formula is C8H13N5O. The van der Waals surface area contributed by atoms with E-state index in [2.05, 4.69) is 10.3 Å². The predicted octanol–water partition coefficient (Wildman–Crippen LogP) is -1.03. The van der Waals surface area contributed by atoms with Crippen molar-refractivity contribution in [1.29, 1.82) is 0 Å². The van der Waals surface area contributed by atoms with E-state index in [-0.39, 0.29) is 12.5 Å².